The van der Waals surface area contributed by atoms with Crippen molar-refractivity contribution in [2.45, 2.75) is 36.8 Å². The van der Waals surface area contributed by atoms with Crippen LogP contribution in [0.2, 0.25) is 5.02 Å². The molecule has 8 nitrogen and oxygen atoms in total. The van der Waals surface area contributed by atoms with E-state index >= 15 is 0 Å². The highest BCUT2D eigenvalue weighted by Gasteiger charge is 2.39. The fraction of sp³-hybridized carbons (Fsp3) is 0.350. The van der Waals surface area contributed by atoms with E-state index in [0.29, 0.717) is 28.5 Å². The van der Waals surface area contributed by atoms with E-state index in [1.807, 2.05) is 13.8 Å². The molecule has 3 N–H and O–H groups in total. The van der Waals surface area contributed by atoms with Crippen LogP contribution in [-0.4, -0.2) is 40.2 Å². The summed E-state index contributed by atoms with van der Waals surface area (Å²) >= 11 is 6.03. The van der Waals surface area contributed by atoms with E-state index in [0.717, 1.165) is 0 Å². The quantitative estimate of drug-likeness (QED) is 0.716. The van der Waals surface area contributed by atoms with Crippen molar-refractivity contribution in [2.75, 3.05) is 14.2 Å². The van der Waals surface area contributed by atoms with Crippen molar-refractivity contribution in [1.82, 2.24) is 5.32 Å². The Kier molecular flexibility index (Phi) is 5.90. The van der Waals surface area contributed by atoms with Gasteiger partial charge in [0, 0.05) is 17.5 Å². The molecular formula is C20H23ClN2O6S. The van der Waals surface area contributed by atoms with Crippen LogP contribution in [0.1, 0.15) is 29.8 Å². The Labute approximate surface area is 180 Å². The van der Waals surface area contributed by atoms with Gasteiger partial charge >= 0.3 is 0 Å². The number of hydrogen-bond acceptors (Lipinski definition) is 6. The summed E-state index contributed by atoms with van der Waals surface area (Å²) in [5.41, 5.74) is 0.0804. The number of nitrogens with two attached hydrogens (primary N) is 1. The highest BCUT2D eigenvalue weighted by Crippen LogP contribution is 2.39. The van der Waals surface area contributed by atoms with Gasteiger partial charge in [-0.2, -0.15) is 0 Å². The van der Waals surface area contributed by atoms with E-state index in [-0.39, 0.29) is 22.1 Å². The maximum atomic E-state index is 12.9. The van der Waals surface area contributed by atoms with E-state index in [1.54, 1.807) is 12.1 Å². The predicted molar refractivity (Wildman–Crippen MR) is 112 cm³/mol. The van der Waals surface area contributed by atoms with Crippen LogP contribution in [0.15, 0.2) is 35.2 Å². The molecule has 0 bridgehead atoms. The van der Waals surface area contributed by atoms with Crippen LogP contribution in [0.25, 0.3) is 0 Å². The second-order valence-electron chi connectivity index (χ2n) is 7.44. The first-order valence-electron chi connectivity index (χ1n) is 9.03. The zero-order valence-corrected chi connectivity index (χ0v) is 18.6. The number of hydrogen-bond donors (Lipinski definition) is 2. The summed E-state index contributed by atoms with van der Waals surface area (Å²) in [7, 11) is -1.19. The Morgan fingerprint density at radius 1 is 1.20 bits per heavy atom. The van der Waals surface area contributed by atoms with Crippen LogP contribution >= 0.6 is 11.6 Å². The molecule has 3 rings (SSSR count). The molecule has 0 fully saturated rings. The lowest BCUT2D eigenvalue weighted by Gasteiger charge is -2.40. The van der Waals surface area contributed by atoms with E-state index in [9.17, 15) is 13.2 Å². The highest BCUT2D eigenvalue weighted by atomic mass is 35.5. The van der Waals surface area contributed by atoms with E-state index in [1.165, 1.54) is 32.4 Å². The largest absolute Gasteiger partial charge is 0.496 e. The summed E-state index contributed by atoms with van der Waals surface area (Å²) in [5.74, 6) is 0.557. The van der Waals surface area contributed by atoms with Crippen LogP contribution < -0.4 is 24.7 Å². The summed E-state index contributed by atoms with van der Waals surface area (Å²) in [6, 6.07) is 7.20. The standard InChI is InChI=1S/C20H23ClN2O6S/c1-20(2)18(23-19(24)13-9-12(21)5-6-14(13)27-3)8-11-7-17(30(22,25)26)16(28-4)10-15(11)29-20/h5-7,9-10,18H,8H2,1-4H3,(H,23,24)(H2,22,25,26). The molecule has 1 aliphatic heterocycles. The number of sulfonamides is 1. The van der Waals surface area contributed by atoms with E-state index in [2.05, 4.69) is 5.32 Å². The summed E-state index contributed by atoms with van der Waals surface area (Å²) in [4.78, 5) is 12.8. The number of carbonyl (C=O) groups excluding carboxylic acids is 1. The smallest absolute Gasteiger partial charge is 0.255 e. The fourth-order valence-electron chi connectivity index (χ4n) is 3.36. The molecule has 30 heavy (non-hydrogen) atoms. The zero-order chi connectivity index (χ0) is 22.3. The lowest BCUT2D eigenvalue weighted by Crippen LogP contribution is -2.55. The average molecular weight is 455 g/mol. The number of benzene rings is 2. The second-order valence-corrected chi connectivity index (χ2v) is 9.40. The van der Waals surface area contributed by atoms with Crippen molar-refractivity contribution < 1.29 is 27.4 Å². The molecule has 1 amide bonds. The number of amides is 1. The number of ether oxygens (including phenoxy) is 3. The zero-order valence-electron chi connectivity index (χ0n) is 17.0. The van der Waals surface area contributed by atoms with Gasteiger partial charge in [0.05, 0.1) is 25.8 Å². The second kappa shape index (κ2) is 7.98. The third kappa shape index (κ3) is 4.33. The molecule has 162 valence electrons. The number of carbonyl (C=O) groups is 1. The normalized spacial score (nSPS) is 17.5. The maximum Gasteiger partial charge on any atom is 0.255 e. The Morgan fingerprint density at radius 3 is 2.47 bits per heavy atom. The number of halogens is 1. The monoisotopic (exact) mass is 454 g/mol. The molecule has 1 heterocycles. The Bertz CT molecular complexity index is 1100. The molecule has 1 atom stereocenters. The summed E-state index contributed by atoms with van der Waals surface area (Å²) in [5, 5.41) is 8.65. The van der Waals surface area contributed by atoms with Crippen molar-refractivity contribution in [2.24, 2.45) is 5.14 Å². The first-order valence-corrected chi connectivity index (χ1v) is 11.0. The molecule has 0 saturated heterocycles. The predicted octanol–water partition coefficient (Wildman–Crippen LogP) is 2.52. The van der Waals surface area contributed by atoms with E-state index < -0.39 is 21.7 Å². The van der Waals surface area contributed by atoms with Gasteiger partial charge < -0.3 is 19.5 Å². The van der Waals surface area contributed by atoms with Crippen molar-refractivity contribution in [3.8, 4) is 17.2 Å². The summed E-state index contributed by atoms with van der Waals surface area (Å²) in [6.45, 7) is 3.66. The number of nitrogens with one attached hydrogen (secondary N) is 1. The molecule has 2 aromatic rings. The number of primary sulfonamides is 1. The first-order chi connectivity index (χ1) is 14.0. The van der Waals surface area contributed by atoms with Gasteiger partial charge in [-0.3, -0.25) is 4.79 Å². The molecule has 10 heteroatoms. The highest BCUT2D eigenvalue weighted by molar-refractivity contribution is 7.89. The van der Waals surface area contributed by atoms with Gasteiger partial charge in [0.1, 0.15) is 27.7 Å². The van der Waals surface area contributed by atoms with Gasteiger partial charge in [-0.15, -0.1) is 0 Å². The number of methoxy groups -OCH3 is 2. The van der Waals surface area contributed by atoms with Crippen molar-refractivity contribution in [1.29, 1.82) is 0 Å². The minimum atomic E-state index is -4.00. The molecule has 0 saturated carbocycles. The first kappa shape index (κ1) is 22.2. The Balaban J connectivity index is 1.96. The molecule has 0 aliphatic carbocycles. The molecular weight excluding hydrogens is 432 g/mol. The van der Waals surface area contributed by atoms with Gasteiger partial charge in [-0.25, -0.2) is 13.6 Å². The van der Waals surface area contributed by atoms with E-state index in [4.69, 9.17) is 31.0 Å². The minimum absolute atomic E-state index is 0.0956. The topological polar surface area (TPSA) is 117 Å². The van der Waals surface area contributed by atoms with Crippen LogP contribution in [0, 0.1) is 0 Å². The van der Waals surface area contributed by atoms with Crippen LogP contribution in [-0.2, 0) is 16.4 Å². The van der Waals surface area contributed by atoms with Crippen LogP contribution in [0.5, 0.6) is 17.2 Å². The Morgan fingerprint density at radius 2 is 1.87 bits per heavy atom. The Hall–Kier alpha value is -2.49. The molecule has 0 radical (unpaired) electrons. The number of fused-ring (bicyclic) bond motifs is 1. The van der Waals surface area contributed by atoms with Crippen LogP contribution in [0.3, 0.4) is 0 Å². The average Bonchev–Trinajstić information content (AvgIpc) is 2.66. The lowest BCUT2D eigenvalue weighted by atomic mass is 9.88. The van der Waals surface area contributed by atoms with Crippen molar-refractivity contribution >= 4 is 27.5 Å². The lowest BCUT2D eigenvalue weighted by molar-refractivity contribution is 0.0435. The minimum Gasteiger partial charge on any atom is -0.496 e. The third-order valence-corrected chi connectivity index (χ3v) is 6.17. The van der Waals surface area contributed by atoms with Crippen LogP contribution in [0.4, 0.5) is 0 Å². The van der Waals surface area contributed by atoms with Crippen molar-refractivity contribution in [3.05, 3.63) is 46.5 Å². The van der Waals surface area contributed by atoms with Gasteiger partial charge in [0.15, 0.2) is 0 Å². The molecule has 2 aromatic carbocycles. The summed E-state index contributed by atoms with van der Waals surface area (Å²) in [6.07, 6.45) is 0.323. The van der Waals surface area contributed by atoms with Crippen molar-refractivity contribution in [3.63, 3.8) is 0 Å². The fourth-order valence-corrected chi connectivity index (χ4v) is 4.26. The maximum absolute atomic E-state index is 12.9. The van der Waals surface area contributed by atoms with Gasteiger partial charge in [-0.05, 0) is 43.7 Å². The molecule has 0 spiro atoms. The molecule has 0 aromatic heterocycles. The SMILES string of the molecule is COc1ccc(Cl)cc1C(=O)NC1Cc2cc(S(N)(=O)=O)c(OC)cc2OC1(C)C. The van der Waals surface area contributed by atoms with Gasteiger partial charge in [0.25, 0.3) is 5.91 Å². The summed E-state index contributed by atoms with van der Waals surface area (Å²) < 4.78 is 40.3. The van der Waals surface area contributed by atoms with Gasteiger partial charge in [-0.1, -0.05) is 11.6 Å². The number of rotatable bonds is 5. The molecule has 1 aliphatic rings. The third-order valence-electron chi connectivity index (χ3n) is 5.00. The molecule has 1 unspecified atom stereocenters. The van der Waals surface area contributed by atoms with Gasteiger partial charge in [0.2, 0.25) is 10.0 Å².